The quantitative estimate of drug-likeness (QED) is 0.737. The molecule has 4 nitrogen and oxygen atoms in total. The van der Waals surface area contributed by atoms with Crippen LogP contribution in [0.2, 0.25) is 0 Å². The molecule has 0 saturated carbocycles. The number of aromatic amines is 1. The van der Waals surface area contributed by atoms with Crippen LogP contribution in [0.15, 0.2) is 18.2 Å². The van der Waals surface area contributed by atoms with E-state index in [0.29, 0.717) is 6.42 Å². The Bertz CT molecular complexity index is 675. The number of carbonyl (C=O) groups is 1. The first-order valence-corrected chi connectivity index (χ1v) is 6.19. The number of carboxylic acid groups (broad SMARTS) is 1. The average Bonchev–Trinajstić information content (AvgIpc) is 2.67. The lowest BCUT2D eigenvalue weighted by atomic mass is 9.86. The van der Waals surface area contributed by atoms with E-state index < -0.39 is 17.6 Å². The monoisotopic (exact) mass is 262 g/mol. The first-order chi connectivity index (χ1) is 8.88. The first kappa shape index (κ1) is 12.2. The van der Waals surface area contributed by atoms with Gasteiger partial charge in [0.2, 0.25) is 0 Å². The van der Waals surface area contributed by atoms with Gasteiger partial charge in [0.25, 0.3) is 0 Å². The Kier molecular flexibility index (Phi) is 2.44. The van der Waals surface area contributed by atoms with Crippen LogP contribution in [-0.4, -0.2) is 22.1 Å². The standard InChI is InChI=1S/C14H15FN2O2/c1-14(2)12-9(6-11(17-14)13(18)19)8-5-7(15)3-4-10(8)16-12/h3-5,11,16-17H,6H2,1-2H3,(H,18,19). The molecule has 19 heavy (non-hydrogen) atoms. The topological polar surface area (TPSA) is 65.1 Å². The Hall–Kier alpha value is -1.88. The third-order valence-electron chi connectivity index (χ3n) is 3.73. The highest BCUT2D eigenvalue weighted by atomic mass is 19.1. The fourth-order valence-corrected chi connectivity index (χ4v) is 2.88. The number of nitrogens with one attached hydrogen (secondary N) is 2. The van der Waals surface area contributed by atoms with Crippen molar-refractivity contribution in [3.05, 3.63) is 35.3 Å². The number of aliphatic carboxylic acids is 1. The van der Waals surface area contributed by atoms with Gasteiger partial charge in [-0.15, -0.1) is 0 Å². The van der Waals surface area contributed by atoms with Gasteiger partial charge in [0.05, 0.1) is 5.54 Å². The van der Waals surface area contributed by atoms with Gasteiger partial charge in [-0.2, -0.15) is 0 Å². The van der Waals surface area contributed by atoms with E-state index in [1.807, 2.05) is 13.8 Å². The van der Waals surface area contributed by atoms with Gasteiger partial charge in [-0.25, -0.2) is 4.39 Å². The molecule has 0 saturated heterocycles. The summed E-state index contributed by atoms with van der Waals surface area (Å²) in [6.07, 6.45) is 0.359. The van der Waals surface area contributed by atoms with Crippen LogP contribution in [0.25, 0.3) is 10.9 Å². The predicted octanol–water partition coefficient (Wildman–Crippen LogP) is 2.14. The van der Waals surface area contributed by atoms with Crippen LogP contribution in [0.5, 0.6) is 0 Å². The molecule has 3 N–H and O–H groups in total. The molecule has 1 aliphatic rings. The number of hydrogen-bond donors (Lipinski definition) is 3. The highest BCUT2D eigenvalue weighted by Gasteiger charge is 2.37. The summed E-state index contributed by atoms with van der Waals surface area (Å²) in [7, 11) is 0. The first-order valence-electron chi connectivity index (χ1n) is 6.19. The number of benzene rings is 1. The molecule has 2 heterocycles. The second-order valence-corrected chi connectivity index (χ2v) is 5.53. The summed E-state index contributed by atoms with van der Waals surface area (Å²) in [4.78, 5) is 14.5. The lowest BCUT2D eigenvalue weighted by Gasteiger charge is -2.35. The molecule has 100 valence electrons. The third kappa shape index (κ3) is 1.81. The summed E-state index contributed by atoms with van der Waals surface area (Å²) in [5, 5.41) is 13.1. The van der Waals surface area contributed by atoms with Gasteiger partial charge < -0.3 is 10.1 Å². The molecular weight excluding hydrogens is 247 g/mol. The SMILES string of the molecule is CC1(C)NC(C(=O)O)Cc2c1[nH]c1ccc(F)cc21. The van der Waals surface area contributed by atoms with Gasteiger partial charge in [0.15, 0.2) is 0 Å². The van der Waals surface area contributed by atoms with E-state index in [-0.39, 0.29) is 5.82 Å². The van der Waals surface area contributed by atoms with Crippen molar-refractivity contribution in [1.82, 2.24) is 10.3 Å². The van der Waals surface area contributed by atoms with Crippen LogP contribution in [0, 0.1) is 5.82 Å². The third-order valence-corrected chi connectivity index (χ3v) is 3.73. The van der Waals surface area contributed by atoms with Crippen molar-refractivity contribution >= 4 is 16.9 Å². The molecule has 1 aliphatic heterocycles. The normalized spacial score (nSPS) is 21.3. The maximum absolute atomic E-state index is 13.4. The highest BCUT2D eigenvalue weighted by molar-refractivity contribution is 5.87. The van der Waals surface area contributed by atoms with Gasteiger partial charge in [0, 0.05) is 23.0 Å². The summed E-state index contributed by atoms with van der Waals surface area (Å²) in [5.41, 5.74) is 2.19. The Morgan fingerprint density at radius 2 is 2.21 bits per heavy atom. The van der Waals surface area contributed by atoms with E-state index in [4.69, 9.17) is 0 Å². The molecule has 0 aliphatic carbocycles. The van der Waals surface area contributed by atoms with Gasteiger partial charge in [-0.3, -0.25) is 10.1 Å². The lowest BCUT2D eigenvalue weighted by molar-refractivity contribution is -0.140. The van der Waals surface area contributed by atoms with Gasteiger partial charge >= 0.3 is 5.97 Å². The van der Waals surface area contributed by atoms with E-state index in [1.165, 1.54) is 12.1 Å². The molecule has 3 rings (SSSR count). The van der Waals surface area contributed by atoms with Crippen LogP contribution in [-0.2, 0) is 16.8 Å². The van der Waals surface area contributed by atoms with Crippen molar-refractivity contribution < 1.29 is 14.3 Å². The Morgan fingerprint density at radius 3 is 2.89 bits per heavy atom. The smallest absolute Gasteiger partial charge is 0.321 e. The molecule has 0 bridgehead atoms. The van der Waals surface area contributed by atoms with Crippen molar-refractivity contribution in [3.8, 4) is 0 Å². The van der Waals surface area contributed by atoms with Gasteiger partial charge in [0.1, 0.15) is 11.9 Å². The number of fused-ring (bicyclic) bond motifs is 3. The van der Waals surface area contributed by atoms with E-state index in [2.05, 4.69) is 10.3 Å². The van der Waals surface area contributed by atoms with Crippen molar-refractivity contribution in [1.29, 1.82) is 0 Å². The molecule has 0 fully saturated rings. The van der Waals surface area contributed by atoms with Crippen LogP contribution in [0.1, 0.15) is 25.1 Å². The zero-order valence-corrected chi connectivity index (χ0v) is 10.7. The van der Waals surface area contributed by atoms with Crippen LogP contribution in [0.3, 0.4) is 0 Å². The lowest BCUT2D eigenvalue weighted by Crippen LogP contribution is -2.52. The van der Waals surface area contributed by atoms with Crippen molar-refractivity contribution in [3.63, 3.8) is 0 Å². The van der Waals surface area contributed by atoms with Crippen molar-refractivity contribution in [2.75, 3.05) is 0 Å². The largest absolute Gasteiger partial charge is 0.480 e. The maximum atomic E-state index is 13.4. The molecule has 0 amide bonds. The van der Waals surface area contributed by atoms with Gasteiger partial charge in [-0.05, 0) is 37.6 Å². The maximum Gasteiger partial charge on any atom is 0.321 e. The second-order valence-electron chi connectivity index (χ2n) is 5.53. The summed E-state index contributed by atoms with van der Waals surface area (Å²) >= 11 is 0. The van der Waals surface area contributed by atoms with E-state index in [1.54, 1.807) is 6.07 Å². The molecule has 1 unspecified atom stereocenters. The number of H-pyrrole nitrogens is 1. The van der Waals surface area contributed by atoms with Crippen LogP contribution >= 0.6 is 0 Å². The highest BCUT2D eigenvalue weighted by Crippen LogP contribution is 2.35. The zero-order valence-electron chi connectivity index (χ0n) is 10.7. The number of aromatic nitrogens is 1. The molecule has 0 radical (unpaired) electrons. The molecule has 0 spiro atoms. The van der Waals surface area contributed by atoms with Crippen LogP contribution < -0.4 is 5.32 Å². The number of rotatable bonds is 1. The molecular formula is C14H15FN2O2. The van der Waals surface area contributed by atoms with Crippen LogP contribution in [0.4, 0.5) is 4.39 Å². The molecule has 1 aromatic heterocycles. The summed E-state index contributed by atoms with van der Waals surface area (Å²) in [5.74, 6) is -1.19. The Labute approximate surface area is 109 Å². The summed E-state index contributed by atoms with van der Waals surface area (Å²) < 4.78 is 13.4. The number of carboxylic acids is 1. The minimum Gasteiger partial charge on any atom is -0.480 e. The minimum atomic E-state index is -0.885. The fraction of sp³-hybridized carbons (Fsp3) is 0.357. The predicted molar refractivity (Wildman–Crippen MR) is 69.5 cm³/mol. The second kappa shape index (κ2) is 3.81. The number of halogens is 1. The molecule has 2 aromatic rings. The van der Waals surface area contributed by atoms with Crippen molar-refractivity contribution in [2.45, 2.75) is 31.8 Å². The fourth-order valence-electron chi connectivity index (χ4n) is 2.88. The average molecular weight is 262 g/mol. The van der Waals surface area contributed by atoms with Crippen molar-refractivity contribution in [2.24, 2.45) is 0 Å². The number of hydrogen-bond acceptors (Lipinski definition) is 2. The summed E-state index contributed by atoms with van der Waals surface area (Å²) in [6, 6.07) is 3.91. The molecule has 1 atom stereocenters. The minimum absolute atomic E-state index is 0.308. The van der Waals surface area contributed by atoms with E-state index in [9.17, 15) is 14.3 Å². The van der Waals surface area contributed by atoms with E-state index in [0.717, 1.165) is 22.2 Å². The molecule has 5 heteroatoms. The Morgan fingerprint density at radius 1 is 1.47 bits per heavy atom. The van der Waals surface area contributed by atoms with E-state index >= 15 is 0 Å². The zero-order chi connectivity index (χ0) is 13.8. The van der Waals surface area contributed by atoms with Gasteiger partial charge in [-0.1, -0.05) is 0 Å². The summed E-state index contributed by atoms with van der Waals surface area (Å²) in [6.45, 7) is 3.85. The Balaban J connectivity index is 2.24. The molecule has 1 aromatic carbocycles.